The minimum Gasteiger partial charge on any atom is -0.418 e. The molecule has 0 aliphatic heterocycles. The highest BCUT2D eigenvalue weighted by molar-refractivity contribution is 6.10. The SMILES string of the molecule is CC(C)(C)C(=O)OC1(OC(=O)C(C)(C)C)C=CC(C(=O)c2ccccc2)=CC1. The highest BCUT2D eigenvalue weighted by Crippen LogP contribution is 2.33. The van der Waals surface area contributed by atoms with Crippen LogP contribution in [0.4, 0.5) is 0 Å². The summed E-state index contributed by atoms with van der Waals surface area (Å²) in [6.45, 7) is 10.3. The van der Waals surface area contributed by atoms with Gasteiger partial charge in [0.05, 0.1) is 10.8 Å². The molecular formula is C23H28O5. The number of carbonyl (C=O) groups is 3. The van der Waals surface area contributed by atoms with Gasteiger partial charge in [0.1, 0.15) is 0 Å². The van der Waals surface area contributed by atoms with E-state index < -0.39 is 28.6 Å². The average Bonchev–Trinajstić information content (AvgIpc) is 2.61. The van der Waals surface area contributed by atoms with Crippen LogP contribution in [0.2, 0.25) is 0 Å². The van der Waals surface area contributed by atoms with Crippen molar-refractivity contribution in [1.29, 1.82) is 0 Å². The second-order valence-electron chi connectivity index (χ2n) is 8.98. The molecule has 0 spiro atoms. The third-order valence-corrected chi connectivity index (χ3v) is 4.18. The molecule has 0 heterocycles. The van der Waals surface area contributed by atoms with Gasteiger partial charge in [-0.05, 0) is 47.6 Å². The Bertz CT molecular complexity index is 789. The first-order valence-corrected chi connectivity index (χ1v) is 9.30. The quantitative estimate of drug-likeness (QED) is 0.430. The van der Waals surface area contributed by atoms with Crippen molar-refractivity contribution in [1.82, 2.24) is 0 Å². The van der Waals surface area contributed by atoms with Gasteiger partial charge in [0.2, 0.25) is 0 Å². The molecule has 1 aliphatic carbocycles. The van der Waals surface area contributed by atoms with Gasteiger partial charge < -0.3 is 9.47 Å². The second kappa shape index (κ2) is 7.74. The van der Waals surface area contributed by atoms with Gasteiger partial charge in [0.25, 0.3) is 5.79 Å². The highest BCUT2D eigenvalue weighted by atomic mass is 16.7. The van der Waals surface area contributed by atoms with Gasteiger partial charge >= 0.3 is 11.9 Å². The van der Waals surface area contributed by atoms with Crippen LogP contribution in [-0.4, -0.2) is 23.5 Å². The van der Waals surface area contributed by atoms with Gasteiger partial charge in [-0.1, -0.05) is 36.4 Å². The molecule has 0 saturated heterocycles. The summed E-state index contributed by atoms with van der Waals surface area (Å²) in [5.74, 6) is -2.69. The van der Waals surface area contributed by atoms with E-state index in [0.717, 1.165) is 0 Å². The fourth-order valence-corrected chi connectivity index (χ4v) is 2.32. The van der Waals surface area contributed by atoms with Crippen molar-refractivity contribution in [2.24, 2.45) is 10.8 Å². The topological polar surface area (TPSA) is 69.7 Å². The van der Waals surface area contributed by atoms with Crippen LogP contribution in [0, 0.1) is 10.8 Å². The summed E-state index contributed by atoms with van der Waals surface area (Å²) in [4.78, 5) is 37.6. The smallest absolute Gasteiger partial charge is 0.314 e. The minimum atomic E-state index is -1.56. The Balaban J connectivity index is 2.29. The number of esters is 2. The van der Waals surface area contributed by atoms with E-state index in [1.165, 1.54) is 6.08 Å². The normalized spacial score (nSPS) is 16.1. The zero-order valence-corrected chi connectivity index (χ0v) is 17.4. The van der Waals surface area contributed by atoms with Gasteiger partial charge in [-0.3, -0.25) is 14.4 Å². The van der Waals surface area contributed by atoms with E-state index in [-0.39, 0.29) is 12.2 Å². The Morgan fingerprint density at radius 2 is 1.36 bits per heavy atom. The minimum absolute atomic E-state index is 0.0705. The van der Waals surface area contributed by atoms with Crippen molar-refractivity contribution in [3.8, 4) is 0 Å². The molecule has 0 aromatic heterocycles. The molecule has 0 saturated carbocycles. The Morgan fingerprint density at radius 3 is 1.75 bits per heavy atom. The molecule has 5 heteroatoms. The number of ketones is 1. The van der Waals surface area contributed by atoms with Gasteiger partial charge in [-0.25, -0.2) is 0 Å². The lowest BCUT2D eigenvalue weighted by Crippen LogP contribution is -2.44. The standard InChI is InChI=1S/C23H28O5/c1-21(2,3)19(25)27-23(28-20(26)22(4,5)6)14-12-17(13-15-23)18(24)16-10-8-7-9-11-16/h7-14H,15H2,1-6H3. The van der Waals surface area contributed by atoms with Crippen LogP contribution in [0.5, 0.6) is 0 Å². The fourth-order valence-electron chi connectivity index (χ4n) is 2.32. The Kier molecular flexibility index (Phi) is 5.97. The lowest BCUT2D eigenvalue weighted by atomic mass is 9.93. The molecule has 1 aliphatic rings. The van der Waals surface area contributed by atoms with Crippen LogP contribution in [0.25, 0.3) is 0 Å². The van der Waals surface area contributed by atoms with Gasteiger partial charge in [0.15, 0.2) is 5.78 Å². The highest BCUT2D eigenvalue weighted by Gasteiger charge is 2.42. The first-order valence-electron chi connectivity index (χ1n) is 9.30. The maximum absolute atomic E-state index is 12.6. The van der Waals surface area contributed by atoms with Crippen molar-refractivity contribution in [2.45, 2.75) is 53.8 Å². The number of benzene rings is 1. The summed E-state index contributed by atoms with van der Waals surface area (Å²) in [6.07, 6.45) is 4.74. The van der Waals surface area contributed by atoms with Gasteiger partial charge in [0, 0.05) is 23.6 Å². The van der Waals surface area contributed by atoms with E-state index in [1.807, 2.05) is 6.07 Å². The lowest BCUT2D eigenvalue weighted by Gasteiger charge is -2.35. The van der Waals surface area contributed by atoms with Crippen molar-refractivity contribution < 1.29 is 23.9 Å². The maximum atomic E-state index is 12.6. The van der Waals surface area contributed by atoms with Crippen LogP contribution in [0.3, 0.4) is 0 Å². The first-order chi connectivity index (χ1) is 12.8. The molecule has 0 N–H and O–H groups in total. The number of allylic oxidation sites excluding steroid dienone is 2. The van der Waals surface area contributed by atoms with E-state index in [4.69, 9.17) is 9.47 Å². The van der Waals surface area contributed by atoms with Crippen LogP contribution in [-0.2, 0) is 19.1 Å². The van der Waals surface area contributed by atoms with E-state index in [9.17, 15) is 14.4 Å². The van der Waals surface area contributed by atoms with E-state index in [0.29, 0.717) is 11.1 Å². The zero-order valence-electron chi connectivity index (χ0n) is 17.4. The number of hydrogen-bond acceptors (Lipinski definition) is 5. The van der Waals surface area contributed by atoms with Crippen LogP contribution in [0.15, 0.2) is 54.1 Å². The average molecular weight is 384 g/mol. The molecular weight excluding hydrogens is 356 g/mol. The molecule has 0 fully saturated rings. The number of Topliss-reactive ketones (excluding diaryl/α,β-unsaturated/α-hetero) is 1. The summed E-state index contributed by atoms with van der Waals surface area (Å²) in [6, 6.07) is 8.89. The summed E-state index contributed by atoms with van der Waals surface area (Å²) < 4.78 is 11.2. The molecule has 0 amide bonds. The third kappa shape index (κ3) is 5.18. The summed E-state index contributed by atoms with van der Waals surface area (Å²) in [5, 5.41) is 0. The largest absolute Gasteiger partial charge is 0.418 e. The predicted molar refractivity (Wildman–Crippen MR) is 106 cm³/mol. The molecule has 0 bridgehead atoms. The van der Waals surface area contributed by atoms with Crippen LogP contribution < -0.4 is 0 Å². The predicted octanol–water partition coefficient (Wildman–Crippen LogP) is 4.63. The third-order valence-electron chi connectivity index (χ3n) is 4.18. The first kappa shape index (κ1) is 21.6. The summed E-state index contributed by atoms with van der Waals surface area (Å²) in [7, 11) is 0. The van der Waals surface area contributed by atoms with Crippen molar-refractivity contribution in [2.75, 3.05) is 0 Å². The number of ether oxygens (including phenoxy) is 2. The summed E-state index contributed by atoms with van der Waals surface area (Å²) >= 11 is 0. The van der Waals surface area contributed by atoms with Crippen molar-refractivity contribution in [3.05, 3.63) is 59.7 Å². The monoisotopic (exact) mass is 384 g/mol. The maximum Gasteiger partial charge on any atom is 0.314 e. The molecule has 28 heavy (non-hydrogen) atoms. The van der Waals surface area contributed by atoms with Gasteiger partial charge in [-0.15, -0.1) is 0 Å². The zero-order chi connectivity index (χ0) is 21.2. The molecule has 0 radical (unpaired) electrons. The Morgan fingerprint density at radius 1 is 0.857 bits per heavy atom. The molecule has 0 atom stereocenters. The molecule has 150 valence electrons. The molecule has 5 nitrogen and oxygen atoms in total. The number of hydrogen-bond donors (Lipinski definition) is 0. The number of rotatable bonds is 4. The van der Waals surface area contributed by atoms with Crippen molar-refractivity contribution in [3.63, 3.8) is 0 Å². The van der Waals surface area contributed by atoms with Crippen LogP contribution in [0.1, 0.15) is 58.3 Å². The number of carbonyl (C=O) groups excluding carboxylic acids is 3. The lowest BCUT2D eigenvalue weighted by molar-refractivity contribution is -0.222. The Labute approximate surface area is 166 Å². The van der Waals surface area contributed by atoms with E-state index in [2.05, 4.69) is 0 Å². The van der Waals surface area contributed by atoms with E-state index in [1.54, 1.807) is 78.0 Å². The van der Waals surface area contributed by atoms with E-state index >= 15 is 0 Å². The van der Waals surface area contributed by atoms with Gasteiger partial charge in [-0.2, -0.15) is 0 Å². The molecule has 0 unspecified atom stereocenters. The summed E-state index contributed by atoms with van der Waals surface area (Å²) in [5.41, 5.74) is -0.512. The fraction of sp³-hybridized carbons (Fsp3) is 0.435. The molecule has 2 rings (SSSR count). The van der Waals surface area contributed by atoms with Crippen LogP contribution >= 0.6 is 0 Å². The van der Waals surface area contributed by atoms with Crippen molar-refractivity contribution >= 4 is 17.7 Å². The second-order valence-corrected chi connectivity index (χ2v) is 8.98. The molecule has 1 aromatic carbocycles. The molecule has 1 aromatic rings. The Hall–Kier alpha value is -2.69.